The zero-order valence-electron chi connectivity index (χ0n) is 7.06. The van der Waals surface area contributed by atoms with Crippen molar-refractivity contribution in [3.8, 4) is 17.6 Å². The van der Waals surface area contributed by atoms with Gasteiger partial charge in [0.1, 0.15) is 23.1 Å². The lowest BCUT2D eigenvalue weighted by atomic mass is 10.1. The van der Waals surface area contributed by atoms with Crippen molar-refractivity contribution in [3.63, 3.8) is 0 Å². The zero-order chi connectivity index (χ0) is 10.7. The van der Waals surface area contributed by atoms with Gasteiger partial charge >= 0.3 is 5.97 Å². The monoisotopic (exact) mass is 193 g/mol. The number of carboxylic acids is 1. The Hall–Kier alpha value is -2.22. The molecule has 0 saturated carbocycles. The Labute approximate surface area is 79.5 Å². The van der Waals surface area contributed by atoms with Gasteiger partial charge in [-0.1, -0.05) is 6.07 Å². The maximum atomic E-state index is 10.3. The number of phenolic OH excluding ortho intramolecular Hbond substituents is 2. The van der Waals surface area contributed by atoms with E-state index in [1.807, 2.05) is 0 Å². The largest absolute Gasteiger partial charge is 0.506 e. The normalized spacial score (nSPS) is 9.36. The zero-order valence-corrected chi connectivity index (χ0v) is 7.06. The predicted molar refractivity (Wildman–Crippen MR) is 45.8 cm³/mol. The number of carbonyl (C=O) groups is 1. The summed E-state index contributed by atoms with van der Waals surface area (Å²) >= 11 is 0. The van der Waals surface area contributed by atoms with Crippen LogP contribution in [0, 0.1) is 11.3 Å². The van der Waals surface area contributed by atoms with E-state index in [1.165, 1.54) is 12.1 Å². The summed E-state index contributed by atoms with van der Waals surface area (Å²) in [5, 5.41) is 35.5. The molecule has 14 heavy (non-hydrogen) atoms. The number of rotatable bonds is 2. The molecule has 0 heterocycles. The van der Waals surface area contributed by atoms with Crippen LogP contribution in [0.3, 0.4) is 0 Å². The van der Waals surface area contributed by atoms with Crippen molar-refractivity contribution in [1.82, 2.24) is 0 Å². The molecule has 0 bridgehead atoms. The second-order valence-electron chi connectivity index (χ2n) is 2.65. The SMILES string of the molecule is N#Cc1c(O)ccc(CC(=O)O)c1O. The van der Waals surface area contributed by atoms with Crippen LogP contribution in [0.15, 0.2) is 12.1 Å². The molecule has 0 aliphatic carbocycles. The summed E-state index contributed by atoms with van der Waals surface area (Å²) in [6.07, 6.45) is -0.388. The van der Waals surface area contributed by atoms with E-state index in [4.69, 9.17) is 15.5 Å². The summed E-state index contributed by atoms with van der Waals surface area (Å²) in [7, 11) is 0. The third kappa shape index (κ3) is 1.75. The van der Waals surface area contributed by atoms with Crippen LogP contribution < -0.4 is 0 Å². The van der Waals surface area contributed by atoms with Crippen LogP contribution >= 0.6 is 0 Å². The molecule has 3 N–H and O–H groups in total. The molecule has 0 aliphatic rings. The topological polar surface area (TPSA) is 102 Å². The fourth-order valence-electron chi connectivity index (χ4n) is 1.04. The van der Waals surface area contributed by atoms with Crippen LogP contribution in [-0.4, -0.2) is 21.3 Å². The first kappa shape index (κ1) is 9.86. The van der Waals surface area contributed by atoms with Gasteiger partial charge in [0, 0.05) is 5.56 Å². The minimum Gasteiger partial charge on any atom is -0.506 e. The van der Waals surface area contributed by atoms with E-state index < -0.39 is 11.7 Å². The van der Waals surface area contributed by atoms with E-state index >= 15 is 0 Å². The molecule has 1 aromatic carbocycles. The second kappa shape index (κ2) is 3.66. The number of aliphatic carboxylic acids is 1. The van der Waals surface area contributed by atoms with Crippen LogP contribution in [0.4, 0.5) is 0 Å². The number of hydrogen-bond acceptors (Lipinski definition) is 4. The molecule has 1 rings (SSSR count). The molecule has 5 heteroatoms. The van der Waals surface area contributed by atoms with E-state index in [0.29, 0.717) is 0 Å². The first-order valence-electron chi connectivity index (χ1n) is 3.72. The first-order chi connectivity index (χ1) is 6.56. The van der Waals surface area contributed by atoms with Crippen molar-refractivity contribution in [1.29, 1.82) is 5.26 Å². The Kier molecular flexibility index (Phi) is 2.58. The van der Waals surface area contributed by atoms with Gasteiger partial charge in [-0.15, -0.1) is 0 Å². The number of hydrogen-bond donors (Lipinski definition) is 3. The number of benzene rings is 1. The highest BCUT2D eigenvalue weighted by molar-refractivity contribution is 5.72. The van der Waals surface area contributed by atoms with E-state index in [-0.39, 0.29) is 23.3 Å². The summed E-state index contributed by atoms with van der Waals surface area (Å²) in [5.41, 5.74) is -0.199. The van der Waals surface area contributed by atoms with Crippen LogP contribution in [0.2, 0.25) is 0 Å². The van der Waals surface area contributed by atoms with Gasteiger partial charge in [0.05, 0.1) is 6.42 Å². The lowest BCUT2D eigenvalue weighted by molar-refractivity contribution is -0.136. The minimum atomic E-state index is -1.12. The predicted octanol–water partition coefficient (Wildman–Crippen LogP) is 0.597. The van der Waals surface area contributed by atoms with Gasteiger partial charge in [-0.25, -0.2) is 0 Å². The molecule has 1 aromatic rings. The fourth-order valence-corrected chi connectivity index (χ4v) is 1.04. The average molecular weight is 193 g/mol. The Morgan fingerprint density at radius 2 is 2.07 bits per heavy atom. The van der Waals surface area contributed by atoms with Gasteiger partial charge < -0.3 is 15.3 Å². The molecule has 0 atom stereocenters. The lowest BCUT2D eigenvalue weighted by Crippen LogP contribution is -2.00. The third-order valence-electron chi connectivity index (χ3n) is 1.69. The number of nitrogens with zero attached hydrogens (tertiary/aromatic N) is 1. The van der Waals surface area contributed by atoms with Gasteiger partial charge in [-0.3, -0.25) is 4.79 Å². The minimum absolute atomic E-state index is 0.104. The second-order valence-corrected chi connectivity index (χ2v) is 2.65. The van der Waals surface area contributed by atoms with Gasteiger partial charge in [0.2, 0.25) is 0 Å². The summed E-state index contributed by atoms with van der Waals surface area (Å²) in [6.45, 7) is 0. The van der Waals surface area contributed by atoms with Crippen molar-refractivity contribution in [2.24, 2.45) is 0 Å². The average Bonchev–Trinajstić information content (AvgIpc) is 2.10. The Morgan fingerprint density at radius 1 is 1.43 bits per heavy atom. The molecule has 5 nitrogen and oxygen atoms in total. The molecule has 0 fully saturated rings. The fraction of sp³-hybridized carbons (Fsp3) is 0.111. The van der Waals surface area contributed by atoms with E-state index in [1.54, 1.807) is 6.07 Å². The van der Waals surface area contributed by atoms with E-state index in [9.17, 15) is 9.90 Å². The summed E-state index contributed by atoms with van der Waals surface area (Å²) in [6, 6.07) is 4.02. The van der Waals surface area contributed by atoms with Crippen LogP contribution in [0.1, 0.15) is 11.1 Å². The number of nitriles is 1. The summed E-state index contributed by atoms with van der Waals surface area (Å²) < 4.78 is 0. The molecule has 0 unspecified atom stereocenters. The molecule has 0 radical (unpaired) electrons. The molecule has 0 aliphatic heterocycles. The number of carboxylic acid groups (broad SMARTS) is 1. The van der Waals surface area contributed by atoms with Crippen LogP contribution in [0.5, 0.6) is 11.5 Å². The van der Waals surface area contributed by atoms with Gasteiger partial charge in [0.25, 0.3) is 0 Å². The number of phenols is 2. The van der Waals surface area contributed by atoms with Crippen molar-refractivity contribution in [3.05, 3.63) is 23.3 Å². The van der Waals surface area contributed by atoms with E-state index in [2.05, 4.69) is 0 Å². The smallest absolute Gasteiger partial charge is 0.307 e. The molecular weight excluding hydrogens is 186 g/mol. The van der Waals surface area contributed by atoms with Crippen molar-refractivity contribution in [2.45, 2.75) is 6.42 Å². The Balaban J connectivity index is 3.23. The highest BCUT2D eigenvalue weighted by Gasteiger charge is 2.13. The van der Waals surface area contributed by atoms with Crippen molar-refractivity contribution >= 4 is 5.97 Å². The standard InChI is InChI=1S/C9H7NO4/c10-4-6-7(11)2-1-5(9(6)14)3-8(12)13/h1-2,11,14H,3H2,(H,12,13). The Bertz CT molecular complexity index is 420. The first-order valence-corrected chi connectivity index (χ1v) is 3.72. The summed E-state index contributed by atoms with van der Waals surface area (Å²) in [4.78, 5) is 10.3. The molecule has 72 valence electrons. The maximum Gasteiger partial charge on any atom is 0.307 e. The highest BCUT2D eigenvalue weighted by atomic mass is 16.4. The molecule has 0 saturated heterocycles. The lowest BCUT2D eigenvalue weighted by Gasteiger charge is -2.04. The molecule has 0 aromatic heterocycles. The highest BCUT2D eigenvalue weighted by Crippen LogP contribution is 2.29. The maximum absolute atomic E-state index is 10.3. The molecule has 0 amide bonds. The Morgan fingerprint density at radius 3 is 2.57 bits per heavy atom. The van der Waals surface area contributed by atoms with Crippen molar-refractivity contribution < 1.29 is 20.1 Å². The van der Waals surface area contributed by atoms with E-state index in [0.717, 1.165) is 0 Å². The number of aromatic hydroxyl groups is 2. The van der Waals surface area contributed by atoms with Crippen molar-refractivity contribution in [2.75, 3.05) is 0 Å². The quantitative estimate of drug-likeness (QED) is 0.638. The van der Waals surface area contributed by atoms with Gasteiger partial charge in [-0.2, -0.15) is 5.26 Å². The molecular formula is C9H7NO4. The van der Waals surface area contributed by atoms with Crippen LogP contribution in [0.25, 0.3) is 0 Å². The van der Waals surface area contributed by atoms with Gasteiger partial charge in [-0.05, 0) is 6.07 Å². The third-order valence-corrected chi connectivity index (χ3v) is 1.69. The summed E-state index contributed by atoms with van der Waals surface area (Å²) in [5.74, 6) is -1.95. The van der Waals surface area contributed by atoms with Crippen LogP contribution in [-0.2, 0) is 11.2 Å². The van der Waals surface area contributed by atoms with Gasteiger partial charge in [0.15, 0.2) is 0 Å². The molecule has 0 spiro atoms.